The van der Waals surface area contributed by atoms with E-state index in [1.807, 2.05) is 43.3 Å². The molecule has 3 aromatic rings. The first-order chi connectivity index (χ1) is 16.4. The molecule has 0 aliphatic carbocycles. The third-order valence-electron chi connectivity index (χ3n) is 6.38. The summed E-state index contributed by atoms with van der Waals surface area (Å²) in [6.07, 6.45) is 6.39. The van der Waals surface area contributed by atoms with Gasteiger partial charge in [0, 0.05) is 32.0 Å². The van der Waals surface area contributed by atoms with Crippen molar-refractivity contribution in [2.45, 2.75) is 39.3 Å². The van der Waals surface area contributed by atoms with Crippen LogP contribution >= 0.6 is 0 Å². The van der Waals surface area contributed by atoms with E-state index in [2.05, 4.69) is 21.8 Å². The molecule has 0 amide bonds. The number of carbonyl (C=O) groups is 1. The molecule has 0 spiro atoms. The van der Waals surface area contributed by atoms with E-state index >= 15 is 0 Å². The molecule has 1 aliphatic heterocycles. The Kier molecular flexibility index (Phi) is 6.93. The number of hydrogen-bond donors (Lipinski definition) is 1. The van der Waals surface area contributed by atoms with Crippen LogP contribution in [-0.4, -0.2) is 52.7 Å². The number of nitrogens with zero attached hydrogens (tertiary/aromatic N) is 6. The molecule has 0 radical (unpaired) electrons. The zero-order valence-electron chi connectivity index (χ0n) is 19.8. The molecule has 1 unspecified atom stereocenters. The number of aromatic carboxylic acids is 1. The van der Waals surface area contributed by atoms with E-state index in [0.717, 1.165) is 30.8 Å². The van der Waals surface area contributed by atoms with Gasteiger partial charge in [0.1, 0.15) is 11.5 Å². The summed E-state index contributed by atoms with van der Waals surface area (Å²) in [6, 6.07) is 11.7. The Morgan fingerprint density at radius 1 is 1.21 bits per heavy atom. The average Bonchev–Trinajstić information content (AvgIpc) is 3.44. The third-order valence-corrected chi connectivity index (χ3v) is 6.38. The van der Waals surface area contributed by atoms with Gasteiger partial charge in [-0.1, -0.05) is 19.1 Å². The van der Waals surface area contributed by atoms with Crippen LogP contribution in [0.15, 0.2) is 59.9 Å². The summed E-state index contributed by atoms with van der Waals surface area (Å²) in [5.74, 6) is -0.315. The van der Waals surface area contributed by atoms with Crippen molar-refractivity contribution in [2.24, 2.45) is 7.05 Å². The number of aryl methyl sites for hydroxylation is 2. The fourth-order valence-electron chi connectivity index (χ4n) is 4.35. The highest BCUT2D eigenvalue weighted by Crippen LogP contribution is 2.22. The summed E-state index contributed by atoms with van der Waals surface area (Å²) in [6.45, 7) is 5.95. The lowest BCUT2D eigenvalue weighted by Crippen LogP contribution is -2.33. The lowest BCUT2D eigenvalue weighted by Gasteiger charge is -2.17. The van der Waals surface area contributed by atoms with Gasteiger partial charge < -0.3 is 9.67 Å². The van der Waals surface area contributed by atoms with Crippen molar-refractivity contribution in [1.82, 2.24) is 28.6 Å². The van der Waals surface area contributed by atoms with E-state index in [0.29, 0.717) is 18.9 Å². The molecule has 1 fully saturated rings. The van der Waals surface area contributed by atoms with Gasteiger partial charge in [-0.25, -0.2) is 19.6 Å². The third kappa shape index (κ3) is 4.79. The Balaban J connectivity index is 1.67. The molecular formula is C25H30N6O3. The van der Waals surface area contributed by atoms with Crippen molar-refractivity contribution in [3.05, 3.63) is 88.4 Å². The van der Waals surface area contributed by atoms with Crippen molar-refractivity contribution in [3.8, 4) is 5.69 Å². The van der Waals surface area contributed by atoms with Gasteiger partial charge in [-0.3, -0.25) is 14.0 Å². The van der Waals surface area contributed by atoms with Crippen LogP contribution in [0.25, 0.3) is 5.69 Å². The normalized spacial score (nSPS) is 15.9. The van der Waals surface area contributed by atoms with Crippen LogP contribution in [0.3, 0.4) is 0 Å². The highest BCUT2D eigenvalue weighted by molar-refractivity contribution is 5.85. The van der Waals surface area contributed by atoms with E-state index in [1.165, 1.54) is 11.8 Å². The molecule has 4 rings (SSSR count). The van der Waals surface area contributed by atoms with Gasteiger partial charge in [-0.15, -0.1) is 0 Å². The predicted molar refractivity (Wildman–Crippen MR) is 129 cm³/mol. The smallest absolute Gasteiger partial charge is 0.354 e. The minimum atomic E-state index is -0.998. The Morgan fingerprint density at radius 2 is 1.97 bits per heavy atom. The molecule has 0 bridgehead atoms. The van der Waals surface area contributed by atoms with Gasteiger partial charge in [0.2, 0.25) is 0 Å². The summed E-state index contributed by atoms with van der Waals surface area (Å²) in [5.41, 5.74) is 2.85. The van der Waals surface area contributed by atoms with Crippen LogP contribution in [-0.2, 0) is 20.0 Å². The fraction of sp³-hybridized carbons (Fsp3) is 0.360. The van der Waals surface area contributed by atoms with Crippen molar-refractivity contribution in [2.75, 3.05) is 13.1 Å². The predicted octanol–water partition coefficient (Wildman–Crippen LogP) is 2.91. The molecule has 9 nitrogen and oxygen atoms in total. The standard InChI is InChI=1S/C25H30N6O3/c1-4-19-7-9-20(10-8-19)31-18(2)6-5-12-26-17-30(25(31)34)21-11-13-29(15-21)16-23-27-14-22(24(32)33)28(23)3/h5-10,12,14,17,21H,4,11,13,15-16H2,1-3H3,(H,32,33). The van der Waals surface area contributed by atoms with Crippen molar-refractivity contribution < 1.29 is 9.90 Å². The lowest BCUT2D eigenvalue weighted by atomic mass is 10.1. The number of aromatic nitrogens is 5. The Hall–Kier alpha value is -3.72. The SMILES string of the molecule is CCc1ccc(-n2c(C)cccncn(C3CCN(Cc4ncc(C(=O)O)n4C)C3)c2=O)cc1. The van der Waals surface area contributed by atoms with Gasteiger partial charge in [-0.2, -0.15) is 0 Å². The van der Waals surface area contributed by atoms with Crippen molar-refractivity contribution in [1.29, 1.82) is 0 Å². The zero-order valence-corrected chi connectivity index (χ0v) is 19.8. The summed E-state index contributed by atoms with van der Waals surface area (Å²) in [5, 5.41) is 9.28. The van der Waals surface area contributed by atoms with Crippen LogP contribution in [0.4, 0.5) is 0 Å². The van der Waals surface area contributed by atoms with Gasteiger partial charge in [0.05, 0.1) is 30.8 Å². The molecule has 9 heteroatoms. The quantitative estimate of drug-likeness (QED) is 0.605. The number of imidazole rings is 1. The van der Waals surface area contributed by atoms with E-state index < -0.39 is 5.97 Å². The topological polar surface area (TPSA) is 98.2 Å². The minimum absolute atomic E-state index is 0.0628. The highest BCUT2D eigenvalue weighted by atomic mass is 16.4. The Labute approximate surface area is 198 Å². The Morgan fingerprint density at radius 3 is 2.65 bits per heavy atom. The number of likely N-dealkylation sites (tertiary alicyclic amines) is 1. The first-order valence-corrected chi connectivity index (χ1v) is 11.4. The molecule has 0 saturated carbocycles. The fourth-order valence-corrected chi connectivity index (χ4v) is 4.35. The maximum absolute atomic E-state index is 13.8. The van der Waals surface area contributed by atoms with E-state index in [9.17, 15) is 14.7 Å². The summed E-state index contributed by atoms with van der Waals surface area (Å²) < 4.78 is 5.03. The second-order valence-electron chi connectivity index (χ2n) is 8.56. The number of rotatable bonds is 6. The lowest BCUT2D eigenvalue weighted by molar-refractivity contribution is 0.0686. The number of carboxylic acids is 1. The first-order valence-electron chi connectivity index (χ1n) is 11.4. The highest BCUT2D eigenvalue weighted by Gasteiger charge is 2.26. The molecule has 1 aromatic carbocycles. The van der Waals surface area contributed by atoms with Crippen LogP contribution in [0.1, 0.15) is 47.0 Å². The van der Waals surface area contributed by atoms with Crippen LogP contribution in [0.2, 0.25) is 0 Å². The minimum Gasteiger partial charge on any atom is -0.477 e. The molecule has 34 heavy (non-hydrogen) atoms. The maximum atomic E-state index is 13.8. The molecular weight excluding hydrogens is 432 g/mol. The van der Waals surface area contributed by atoms with E-state index in [4.69, 9.17) is 0 Å². The number of carboxylic acid groups (broad SMARTS) is 1. The second-order valence-corrected chi connectivity index (χ2v) is 8.56. The largest absolute Gasteiger partial charge is 0.477 e. The molecule has 178 valence electrons. The molecule has 1 aliphatic rings. The zero-order chi connectivity index (χ0) is 24.2. The van der Waals surface area contributed by atoms with E-state index in [-0.39, 0.29) is 17.4 Å². The summed E-state index contributed by atoms with van der Waals surface area (Å²) in [4.78, 5) is 35.9. The van der Waals surface area contributed by atoms with Crippen LogP contribution < -0.4 is 5.69 Å². The Bertz CT molecular complexity index is 1290. The van der Waals surface area contributed by atoms with Crippen molar-refractivity contribution in [3.63, 3.8) is 0 Å². The second kappa shape index (κ2) is 10.0. The molecule has 3 heterocycles. The number of hydrogen-bond acceptors (Lipinski definition) is 5. The first kappa shape index (κ1) is 23.4. The number of benzene rings is 1. The average molecular weight is 463 g/mol. The summed E-state index contributed by atoms with van der Waals surface area (Å²) >= 11 is 0. The van der Waals surface area contributed by atoms with Gasteiger partial charge in [-0.05, 0) is 49.6 Å². The molecule has 1 atom stereocenters. The van der Waals surface area contributed by atoms with Crippen molar-refractivity contribution >= 4 is 5.97 Å². The van der Waals surface area contributed by atoms with Gasteiger partial charge in [0.15, 0.2) is 0 Å². The monoisotopic (exact) mass is 462 g/mol. The van der Waals surface area contributed by atoms with Gasteiger partial charge >= 0.3 is 11.7 Å². The summed E-state index contributed by atoms with van der Waals surface area (Å²) in [7, 11) is 1.71. The molecule has 1 saturated heterocycles. The maximum Gasteiger partial charge on any atom is 0.354 e. The van der Waals surface area contributed by atoms with Gasteiger partial charge in [0.25, 0.3) is 0 Å². The van der Waals surface area contributed by atoms with E-state index in [1.54, 1.807) is 33.3 Å². The molecule has 1 N–H and O–H groups in total. The van der Waals surface area contributed by atoms with Crippen LogP contribution in [0, 0.1) is 6.92 Å². The van der Waals surface area contributed by atoms with Crippen LogP contribution in [0.5, 0.6) is 0 Å². The molecule has 2 aromatic heterocycles.